The van der Waals surface area contributed by atoms with Crippen LogP contribution in [0.2, 0.25) is 0 Å². The van der Waals surface area contributed by atoms with Crippen molar-refractivity contribution in [2.45, 2.75) is 9.79 Å². The number of hydrogen-bond acceptors (Lipinski definition) is 5. The zero-order valence-corrected chi connectivity index (χ0v) is 15.0. The molecular weight excluding hydrogens is 343 g/mol. The first-order chi connectivity index (χ1) is 9.69. The molecule has 0 atom stereocenters. The Morgan fingerprint density at radius 3 is 1.32 bits per heavy atom. The summed E-state index contributed by atoms with van der Waals surface area (Å²) >= 11 is 0. The van der Waals surface area contributed by atoms with Gasteiger partial charge in [-0.3, -0.25) is 9.11 Å². The van der Waals surface area contributed by atoms with Gasteiger partial charge in [-0.25, -0.2) is 0 Å². The van der Waals surface area contributed by atoms with Crippen molar-refractivity contribution in [3.05, 3.63) is 48.5 Å². The van der Waals surface area contributed by atoms with E-state index in [4.69, 9.17) is 13.8 Å². The minimum atomic E-state index is -4.54. The van der Waals surface area contributed by atoms with Crippen LogP contribution < -0.4 is 4.74 Å². The van der Waals surface area contributed by atoms with Gasteiger partial charge in [-0.2, -0.15) is 16.8 Å². The number of benzene rings is 2. The van der Waals surface area contributed by atoms with Gasteiger partial charge in [-0.05, 0) is 24.3 Å². The zero-order chi connectivity index (χ0) is 15.7. The van der Waals surface area contributed by atoms with E-state index in [9.17, 15) is 16.8 Å². The Labute approximate surface area is 149 Å². The Morgan fingerprint density at radius 1 is 0.682 bits per heavy atom. The molecular formula is C12H10NaO7S2. The Hall–Kier alpha value is -0.940. The molecule has 0 spiro atoms. The molecule has 0 aliphatic heterocycles. The first-order valence-electron chi connectivity index (χ1n) is 5.50. The molecule has 0 aliphatic rings. The summed E-state index contributed by atoms with van der Waals surface area (Å²) < 4.78 is 68.4. The second-order valence-electron chi connectivity index (χ2n) is 3.95. The van der Waals surface area contributed by atoms with Crippen molar-refractivity contribution >= 4 is 49.8 Å². The Kier molecular flexibility index (Phi) is 6.16. The topological polar surface area (TPSA) is 118 Å². The van der Waals surface area contributed by atoms with Crippen LogP contribution >= 0.6 is 0 Å². The molecule has 0 saturated heterocycles. The first kappa shape index (κ1) is 19.1. The molecule has 1 radical (unpaired) electrons. The Morgan fingerprint density at radius 2 is 1.00 bits per heavy atom. The molecule has 0 saturated carbocycles. The van der Waals surface area contributed by atoms with E-state index >= 15 is 0 Å². The molecule has 22 heavy (non-hydrogen) atoms. The fourth-order valence-electron chi connectivity index (χ4n) is 1.61. The van der Waals surface area contributed by atoms with Gasteiger partial charge < -0.3 is 4.74 Å². The van der Waals surface area contributed by atoms with Gasteiger partial charge in [0.25, 0.3) is 20.2 Å². The second-order valence-corrected chi connectivity index (χ2v) is 6.73. The Bertz CT molecular complexity index is 802. The summed E-state index contributed by atoms with van der Waals surface area (Å²) in [6, 6.07) is 10.3. The standard InChI is InChI=1S/C12H10O7S2.Na/c13-20(14,15)11-7-3-1-5-9(11)19-10-6-2-4-8-12(10)21(16,17)18;/h1-8H,(H,13,14,15)(H,16,17,18);. The predicted molar refractivity (Wildman–Crippen MR) is 78.3 cm³/mol. The molecule has 2 N–H and O–H groups in total. The predicted octanol–water partition coefficient (Wildman–Crippen LogP) is 1.59. The normalized spacial score (nSPS) is 11.5. The van der Waals surface area contributed by atoms with Crippen LogP contribution in [0.15, 0.2) is 58.3 Å². The van der Waals surface area contributed by atoms with Crippen molar-refractivity contribution in [2.24, 2.45) is 0 Å². The number of para-hydroxylation sites is 2. The maximum absolute atomic E-state index is 11.2. The van der Waals surface area contributed by atoms with Crippen molar-refractivity contribution < 1.29 is 30.7 Å². The van der Waals surface area contributed by atoms with E-state index in [1.165, 1.54) is 36.4 Å². The van der Waals surface area contributed by atoms with Gasteiger partial charge in [-0.15, -0.1) is 0 Å². The van der Waals surface area contributed by atoms with Crippen LogP contribution in [0.3, 0.4) is 0 Å². The SMILES string of the molecule is O=S(=O)(O)c1ccccc1Oc1ccccc1S(=O)(=O)O.[Na]. The fraction of sp³-hybridized carbons (Fsp3) is 0. The monoisotopic (exact) mass is 353 g/mol. The molecule has 2 aromatic rings. The van der Waals surface area contributed by atoms with Gasteiger partial charge in [0.15, 0.2) is 0 Å². The van der Waals surface area contributed by atoms with Gasteiger partial charge in [0.05, 0.1) is 0 Å². The molecule has 0 unspecified atom stereocenters. The summed E-state index contributed by atoms with van der Waals surface area (Å²) in [5.74, 6) is -0.535. The maximum Gasteiger partial charge on any atom is 0.298 e. The molecule has 7 nitrogen and oxygen atoms in total. The van der Waals surface area contributed by atoms with Crippen molar-refractivity contribution in [3.63, 3.8) is 0 Å². The van der Waals surface area contributed by atoms with E-state index in [1.54, 1.807) is 0 Å². The van der Waals surface area contributed by atoms with Gasteiger partial charge in [0.1, 0.15) is 21.3 Å². The summed E-state index contributed by atoms with van der Waals surface area (Å²) in [7, 11) is -9.08. The van der Waals surface area contributed by atoms with Crippen molar-refractivity contribution in [1.82, 2.24) is 0 Å². The largest absolute Gasteiger partial charge is 0.454 e. The summed E-state index contributed by atoms with van der Waals surface area (Å²) in [5, 5.41) is 0. The molecule has 0 amide bonds. The fourth-order valence-corrected chi connectivity index (χ4v) is 2.84. The summed E-state index contributed by atoms with van der Waals surface area (Å²) in [6.07, 6.45) is 0. The van der Waals surface area contributed by atoms with E-state index in [0.29, 0.717) is 0 Å². The van der Waals surface area contributed by atoms with E-state index in [2.05, 4.69) is 0 Å². The van der Waals surface area contributed by atoms with E-state index in [0.717, 1.165) is 12.1 Å². The summed E-state index contributed by atoms with van der Waals surface area (Å²) in [6.45, 7) is 0. The number of hydrogen-bond donors (Lipinski definition) is 2. The average Bonchev–Trinajstić information content (AvgIpc) is 2.37. The van der Waals surface area contributed by atoms with Crippen LogP contribution in [0.4, 0.5) is 0 Å². The molecule has 2 rings (SSSR count). The van der Waals surface area contributed by atoms with Crippen LogP contribution in [0.5, 0.6) is 11.5 Å². The minimum absolute atomic E-state index is 0. The summed E-state index contributed by atoms with van der Waals surface area (Å²) in [4.78, 5) is -1.04. The molecule has 10 heteroatoms. The van der Waals surface area contributed by atoms with Crippen molar-refractivity contribution in [1.29, 1.82) is 0 Å². The molecule has 0 fully saturated rings. The molecule has 2 aromatic carbocycles. The number of ether oxygens (including phenoxy) is 1. The first-order valence-corrected chi connectivity index (χ1v) is 8.38. The van der Waals surface area contributed by atoms with Gasteiger partial charge in [-0.1, -0.05) is 24.3 Å². The number of rotatable bonds is 4. The molecule has 0 bridgehead atoms. The summed E-state index contributed by atoms with van der Waals surface area (Å²) in [5.41, 5.74) is 0. The molecule has 0 heterocycles. The third-order valence-electron chi connectivity index (χ3n) is 2.47. The van der Waals surface area contributed by atoms with Gasteiger partial charge >= 0.3 is 0 Å². The van der Waals surface area contributed by atoms with E-state index < -0.39 is 30.0 Å². The van der Waals surface area contributed by atoms with Crippen LogP contribution in [0.1, 0.15) is 0 Å². The third-order valence-corrected chi connectivity index (χ3v) is 4.26. The maximum atomic E-state index is 11.2. The van der Waals surface area contributed by atoms with Gasteiger partial charge in [0.2, 0.25) is 0 Å². The van der Waals surface area contributed by atoms with E-state index in [1.807, 2.05) is 0 Å². The average molecular weight is 353 g/mol. The minimum Gasteiger partial charge on any atom is -0.454 e. The molecule has 0 aliphatic carbocycles. The smallest absolute Gasteiger partial charge is 0.298 e. The van der Waals surface area contributed by atoms with Crippen LogP contribution in [-0.2, 0) is 20.2 Å². The zero-order valence-electron chi connectivity index (χ0n) is 11.4. The third kappa shape index (κ3) is 4.53. The van der Waals surface area contributed by atoms with Gasteiger partial charge in [0, 0.05) is 29.6 Å². The Balaban J connectivity index is 0.00000242. The van der Waals surface area contributed by atoms with Crippen molar-refractivity contribution in [2.75, 3.05) is 0 Å². The molecule has 0 aromatic heterocycles. The van der Waals surface area contributed by atoms with Crippen molar-refractivity contribution in [3.8, 4) is 11.5 Å². The van der Waals surface area contributed by atoms with Crippen LogP contribution in [-0.4, -0.2) is 55.5 Å². The van der Waals surface area contributed by atoms with Crippen LogP contribution in [0, 0.1) is 0 Å². The molecule has 113 valence electrons. The quantitative estimate of drug-likeness (QED) is 0.633. The second kappa shape index (κ2) is 7.09. The van der Waals surface area contributed by atoms with E-state index in [-0.39, 0.29) is 41.1 Å². The van der Waals surface area contributed by atoms with Crippen LogP contribution in [0.25, 0.3) is 0 Å².